The summed E-state index contributed by atoms with van der Waals surface area (Å²) in [5.74, 6) is -1.10. The van der Waals surface area contributed by atoms with E-state index < -0.39 is 21.1 Å². The molecular weight excluding hydrogens is 398 g/mol. The summed E-state index contributed by atoms with van der Waals surface area (Å²) in [5, 5.41) is 0. The van der Waals surface area contributed by atoms with E-state index in [0.29, 0.717) is 6.42 Å². The number of unbranched alkanes of at least 4 members (excludes halogenated alkanes) is 16. The lowest BCUT2D eigenvalue weighted by molar-refractivity contribution is 0.253. The van der Waals surface area contributed by atoms with Gasteiger partial charge in [0.05, 0.1) is 6.61 Å². The summed E-state index contributed by atoms with van der Waals surface area (Å²) in [5.41, 5.74) is 0. The molecule has 170 valence electrons. The van der Waals surface area contributed by atoms with Gasteiger partial charge >= 0.3 is 15.2 Å². The van der Waals surface area contributed by atoms with Gasteiger partial charge in [0.15, 0.2) is 5.90 Å². The summed E-state index contributed by atoms with van der Waals surface area (Å²) < 4.78 is 26.9. The van der Waals surface area contributed by atoms with Crippen molar-refractivity contribution in [3.63, 3.8) is 0 Å². The Hall–Kier alpha value is 0.300. The summed E-state index contributed by atoms with van der Waals surface area (Å²) in [6.07, 6.45) is 21.4. The molecule has 3 N–H and O–H groups in total. The fourth-order valence-corrected chi connectivity index (χ4v) is 5.91. The summed E-state index contributed by atoms with van der Waals surface area (Å²) in [6.45, 7) is 2.33. The molecule has 0 aliphatic rings. The first-order chi connectivity index (χ1) is 13.3. The molecule has 28 heavy (non-hydrogen) atoms. The van der Waals surface area contributed by atoms with E-state index in [1.165, 1.54) is 83.5 Å². The topological polar surface area (TPSA) is 104 Å². The number of rotatable bonds is 21. The van der Waals surface area contributed by atoms with Crippen molar-refractivity contribution in [2.24, 2.45) is 0 Å². The average molecular weight is 443 g/mol. The molecule has 0 spiro atoms. The first kappa shape index (κ1) is 28.3. The molecule has 6 nitrogen and oxygen atoms in total. The van der Waals surface area contributed by atoms with Crippen molar-refractivity contribution < 1.29 is 28.3 Å². The van der Waals surface area contributed by atoms with Gasteiger partial charge in [-0.2, -0.15) is 0 Å². The van der Waals surface area contributed by atoms with Crippen LogP contribution < -0.4 is 0 Å². The Labute approximate surface area is 172 Å². The molecule has 0 fully saturated rings. The standard InChI is InChI=1S/C20H44O6P2/c1-2-3-4-5-6-7-8-9-10-11-12-13-14-15-16-17-18-19-26-28(24,25)20-27(21,22)23/h2-20H2,1H3,(H,24,25)(H2,21,22,23). The molecule has 1 unspecified atom stereocenters. The van der Waals surface area contributed by atoms with Crippen molar-refractivity contribution in [3.05, 3.63) is 0 Å². The molecule has 0 radical (unpaired) electrons. The van der Waals surface area contributed by atoms with Crippen LogP contribution in [0, 0.1) is 0 Å². The number of hydrogen-bond acceptors (Lipinski definition) is 3. The van der Waals surface area contributed by atoms with Crippen molar-refractivity contribution in [2.75, 3.05) is 12.5 Å². The second-order valence-corrected chi connectivity index (χ2v) is 11.9. The fourth-order valence-electron chi connectivity index (χ4n) is 3.31. The Kier molecular flexibility index (Phi) is 18.3. The van der Waals surface area contributed by atoms with Crippen LogP contribution in [0.5, 0.6) is 0 Å². The van der Waals surface area contributed by atoms with Crippen LogP contribution in [0.2, 0.25) is 0 Å². The van der Waals surface area contributed by atoms with Crippen LogP contribution in [0.15, 0.2) is 0 Å². The van der Waals surface area contributed by atoms with Gasteiger partial charge in [-0.05, 0) is 6.42 Å². The Morgan fingerprint density at radius 3 is 1.21 bits per heavy atom. The highest BCUT2D eigenvalue weighted by Crippen LogP contribution is 2.55. The molecule has 0 aromatic rings. The van der Waals surface area contributed by atoms with Crippen LogP contribution in [-0.2, 0) is 13.7 Å². The van der Waals surface area contributed by atoms with Crippen molar-refractivity contribution >= 4 is 15.2 Å². The second-order valence-electron chi connectivity index (χ2n) is 7.93. The van der Waals surface area contributed by atoms with E-state index >= 15 is 0 Å². The summed E-state index contributed by atoms with van der Waals surface area (Å²) in [4.78, 5) is 26.7. The number of hydrogen-bond donors (Lipinski definition) is 3. The fraction of sp³-hybridized carbons (Fsp3) is 1.00. The van der Waals surface area contributed by atoms with E-state index in [0.717, 1.165) is 19.3 Å². The molecular formula is C20H44O6P2. The van der Waals surface area contributed by atoms with Gasteiger partial charge < -0.3 is 19.2 Å². The Bertz CT molecular complexity index is 438. The molecule has 8 heteroatoms. The largest absolute Gasteiger partial charge is 0.340 e. The zero-order valence-corrected chi connectivity index (χ0v) is 19.7. The Morgan fingerprint density at radius 1 is 0.571 bits per heavy atom. The first-order valence-corrected chi connectivity index (χ1v) is 14.8. The van der Waals surface area contributed by atoms with Gasteiger partial charge in [-0.1, -0.05) is 110 Å². The van der Waals surface area contributed by atoms with Crippen LogP contribution in [0.4, 0.5) is 0 Å². The molecule has 0 aliphatic carbocycles. The van der Waals surface area contributed by atoms with E-state index in [1.807, 2.05) is 0 Å². The minimum atomic E-state index is -4.52. The van der Waals surface area contributed by atoms with E-state index in [-0.39, 0.29) is 6.61 Å². The predicted octanol–water partition coefficient (Wildman–Crippen LogP) is 6.98. The van der Waals surface area contributed by atoms with Gasteiger partial charge in [0.2, 0.25) is 0 Å². The van der Waals surface area contributed by atoms with E-state index in [1.54, 1.807) is 0 Å². The minimum Gasteiger partial charge on any atom is -0.324 e. The zero-order chi connectivity index (χ0) is 21.1. The monoisotopic (exact) mass is 442 g/mol. The van der Waals surface area contributed by atoms with E-state index in [2.05, 4.69) is 6.92 Å². The van der Waals surface area contributed by atoms with Crippen molar-refractivity contribution in [3.8, 4) is 0 Å². The lowest BCUT2D eigenvalue weighted by Crippen LogP contribution is -1.98. The summed E-state index contributed by atoms with van der Waals surface area (Å²) in [6, 6.07) is 0. The van der Waals surface area contributed by atoms with E-state index in [4.69, 9.17) is 14.3 Å². The smallest absolute Gasteiger partial charge is 0.324 e. The van der Waals surface area contributed by atoms with E-state index in [9.17, 15) is 14.0 Å². The minimum absolute atomic E-state index is 0.0758. The molecule has 1 atom stereocenters. The highest BCUT2D eigenvalue weighted by atomic mass is 31.2. The molecule has 0 aliphatic heterocycles. The van der Waals surface area contributed by atoms with Gasteiger partial charge in [-0.15, -0.1) is 0 Å². The summed E-state index contributed by atoms with van der Waals surface area (Å²) >= 11 is 0. The molecule has 0 bridgehead atoms. The average Bonchev–Trinajstić information content (AvgIpc) is 2.58. The maximum absolute atomic E-state index is 11.4. The first-order valence-electron chi connectivity index (χ1n) is 11.3. The van der Waals surface area contributed by atoms with Gasteiger partial charge in [0, 0.05) is 0 Å². The molecule has 0 saturated carbocycles. The molecule has 0 saturated heterocycles. The van der Waals surface area contributed by atoms with Crippen molar-refractivity contribution in [1.29, 1.82) is 0 Å². The molecule has 0 aromatic heterocycles. The van der Waals surface area contributed by atoms with Crippen LogP contribution in [0.1, 0.15) is 116 Å². The predicted molar refractivity (Wildman–Crippen MR) is 117 cm³/mol. The van der Waals surface area contributed by atoms with Gasteiger partial charge in [0.25, 0.3) is 0 Å². The molecule has 0 rings (SSSR count). The highest BCUT2D eigenvalue weighted by Gasteiger charge is 2.30. The van der Waals surface area contributed by atoms with Crippen LogP contribution in [0.25, 0.3) is 0 Å². The third-order valence-corrected chi connectivity index (χ3v) is 8.39. The second kappa shape index (κ2) is 18.1. The van der Waals surface area contributed by atoms with Gasteiger partial charge in [-0.25, -0.2) is 0 Å². The van der Waals surface area contributed by atoms with Crippen molar-refractivity contribution in [1.82, 2.24) is 0 Å². The normalized spacial score (nSPS) is 14.3. The summed E-state index contributed by atoms with van der Waals surface area (Å²) in [7, 11) is -8.69. The van der Waals surface area contributed by atoms with Crippen LogP contribution in [0.3, 0.4) is 0 Å². The van der Waals surface area contributed by atoms with Gasteiger partial charge in [-0.3, -0.25) is 9.13 Å². The molecule has 0 aromatic carbocycles. The molecule has 0 heterocycles. The highest BCUT2D eigenvalue weighted by molar-refractivity contribution is 7.70. The maximum atomic E-state index is 11.4. The lowest BCUT2D eigenvalue weighted by atomic mass is 10.0. The van der Waals surface area contributed by atoms with Crippen LogP contribution in [-0.4, -0.2) is 27.2 Å². The third kappa shape index (κ3) is 22.6. The lowest BCUT2D eigenvalue weighted by Gasteiger charge is -2.12. The quantitative estimate of drug-likeness (QED) is 0.131. The van der Waals surface area contributed by atoms with Crippen molar-refractivity contribution in [2.45, 2.75) is 116 Å². The van der Waals surface area contributed by atoms with Gasteiger partial charge in [0.1, 0.15) is 0 Å². The van der Waals surface area contributed by atoms with Crippen LogP contribution >= 0.6 is 15.2 Å². The SMILES string of the molecule is CCCCCCCCCCCCCCCCCCCOP(=O)(O)CP(=O)(O)O. The maximum Gasteiger partial charge on any atom is 0.340 e. The Balaban J connectivity index is 3.24. The Morgan fingerprint density at radius 2 is 0.893 bits per heavy atom. The zero-order valence-electron chi connectivity index (χ0n) is 17.9. The third-order valence-electron chi connectivity index (χ3n) is 4.90. The molecule has 0 amide bonds.